The zero-order chi connectivity index (χ0) is 16.6. The number of benzene rings is 1. The van der Waals surface area contributed by atoms with Gasteiger partial charge in [0.15, 0.2) is 0 Å². The van der Waals surface area contributed by atoms with Gasteiger partial charge in [-0.25, -0.2) is 0 Å². The van der Waals surface area contributed by atoms with Crippen molar-refractivity contribution in [2.24, 2.45) is 11.3 Å². The van der Waals surface area contributed by atoms with Crippen molar-refractivity contribution in [3.05, 3.63) is 35.5 Å². The number of aromatic amines is 1. The number of hydrogen-bond donors (Lipinski definition) is 3. The van der Waals surface area contributed by atoms with Crippen molar-refractivity contribution in [3.63, 3.8) is 0 Å². The summed E-state index contributed by atoms with van der Waals surface area (Å²) in [5.41, 5.74) is 3.62. The number of amides is 1. The third-order valence-electron chi connectivity index (χ3n) is 6.18. The molecule has 4 rings (SSSR count). The smallest absolute Gasteiger partial charge is 0.227 e. The van der Waals surface area contributed by atoms with Crippen molar-refractivity contribution in [2.75, 3.05) is 19.6 Å². The highest BCUT2D eigenvalue weighted by Gasteiger charge is 2.49. The molecule has 1 aliphatic heterocycles. The van der Waals surface area contributed by atoms with Gasteiger partial charge < -0.3 is 15.6 Å². The molecule has 2 fully saturated rings. The van der Waals surface area contributed by atoms with E-state index in [0.717, 1.165) is 25.9 Å². The molecule has 0 bridgehead atoms. The number of H-pyrrole nitrogens is 1. The van der Waals surface area contributed by atoms with E-state index in [0.29, 0.717) is 12.5 Å². The lowest BCUT2D eigenvalue weighted by molar-refractivity contribution is -0.133. The summed E-state index contributed by atoms with van der Waals surface area (Å²) in [5, 5.41) is 7.97. The van der Waals surface area contributed by atoms with Crippen LogP contribution in [-0.4, -0.2) is 30.5 Å². The summed E-state index contributed by atoms with van der Waals surface area (Å²) in [6.45, 7) is 4.71. The van der Waals surface area contributed by atoms with Crippen LogP contribution in [0.1, 0.15) is 36.8 Å². The Morgan fingerprint density at radius 3 is 3.21 bits per heavy atom. The molecule has 1 saturated carbocycles. The number of rotatable bonds is 4. The normalized spacial score (nSPS) is 26.5. The lowest BCUT2D eigenvalue weighted by Gasteiger charge is -2.37. The number of nitrogens with one attached hydrogen (secondary N) is 3. The fourth-order valence-corrected chi connectivity index (χ4v) is 4.75. The van der Waals surface area contributed by atoms with Gasteiger partial charge in [0.2, 0.25) is 5.91 Å². The maximum Gasteiger partial charge on any atom is 0.227 e. The largest absolute Gasteiger partial charge is 0.361 e. The van der Waals surface area contributed by atoms with Gasteiger partial charge in [-0.1, -0.05) is 31.0 Å². The standard InChI is InChI=1S/C20H27N3O/c1-14-5-4-7-17-15(11-23-18(14)17)8-10-22-19(24)20-9-3-2-6-16(20)12-21-13-20/h4-5,7,11,16,21,23H,2-3,6,8-10,12-13H2,1H3,(H,22,24)/t16-,20+/m0/s1. The number of carbonyl (C=O) groups excluding carboxylic acids is 1. The second-order valence-corrected chi connectivity index (χ2v) is 7.55. The van der Waals surface area contributed by atoms with Crippen molar-refractivity contribution in [1.82, 2.24) is 15.6 Å². The van der Waals surface area contributed by atoms with Crippen molar-refractivity contribution < 1.29 is 4.79 Å². The minimum Gasteiger partial charge on any atom is -0.361 e. The lowest BCUT2D eigenvalue weighted by Crippen LogP contribution is -2.48. The minimum atomic E-state index is -0.144. The van der Waals surface area contributed by atoms with Crippen LogP contribution >= 0.6 is 0 Å². The highest BCUT2D eigenvalue weighted by molar-refractivity contribution is 5.86. The van der Waals surface area contributed by atoms with Crippen LogP contribution in [0.3, 0.4) is 0 Å². The van der Waals surface area contributed by atoms with Gasteiger partial charge in [0.05, 0.1) is 5.41 Å². The van der Waals surface area contributed by atoms with Gasteiger partial charge in [-0.05, 0) is 49.8 Å². The Labute approximate surface area is 143 Å². The number of para-hydroxylation sites is 1. The van der Waals surface area contributed by atoms with E-state index in [2.05, 4.69) is 46.9 Å². The average Bonchev–Trinajstić information content (AvgIpc) is 3.20. The summed E-state index contributed by atoms with van der Waals surface area (Å²) in [4.78, 5) is 16.3. The molecule has 2 aromatic rings. The van der Waals surface area contributed by atoms with E-state index in [1.807, 2.05) is 0 Å². The molecule has 1 aromatic heterocycles. The Balaban J connectivity index is 1.41. The summed E-state index contributed by atoms with van der Waals surface area (Å²) in [6.07, 6.45) is 7.67. The van der Waals surface area contributed by atoms with Gasteiger partial charge in [-0.3, -0.25) is 4.79 Å². The van der Waals surface area contributed by atoms with Crippen molar-refractivity contribution in [2.45, 2.75) is 39.0 Å². The summed E-state index contributed by atoms with van der Waals surface area (Å²) in [7, 11) is 0. The van der Waals surface area contributed by atoms with E-state index < -0.39 is 0 Å². The molecule has 2 aliphatic rings. The molecule has 4 nitrogen and oxygen atoms in total. The van der Waals surface area contributed by atoms with Gasteiger partial charge in [0.25, 0.3) is 0 Å². The first kappa shape index (κ1) is 15.7. The average molecular weight is 325 g/mol. The van der Waals surface area contributed by atoms with E-state index in [-0.39, 0.29) is 11.3 Å². The highest BCUT2D eigenvalue weighted by Crippen LogP contribution is 2.43. The molecule has 1 aromatic carbocycles. The summed E-state index contributed by atoms with van der Waals surface area (Å²) in [6, 6.07) is 6.38. The molecule has 2 heterocycles. The quantitative estimate of drug-likeness (QED) is 0.809. The fourth-order valence-electron chi connectivity index (χ4n) is 4.75. The molecule has 1 saturated heterocycles. The molecule has 4 heteroatoms. The number of aromatic nitrogens is 1. The van der Waals surface area contributed by atoms with Crippen molar-refractivity contribution >= 4 is 16.8 Å². The second kappa shape index (κ2) is 6.25. The van der Waals surface area contributed by atoms with Crippen LogP contribution in [0.5, 0.6) is 0 Å². The molecule has 0 radical (unpaired) electrons. The molecule has 2 atom stereocenters. The van der Waals surface area contributed by atoms with Crippen LogP contribution < -0.4 is 10.6 Å². The lowest BCUT2D eigenvalue weighted by atomic mass is 9.67. The van der Waals surface area contributed by atoms with E-state index in [4.69, 9.17) is 0 Å². The van der Waals surface area contributed by atoms with Gasteiger partial charge in [-0.2, -0.15) is 0 Å². The Morgan fingerprint density at radius 1 is 1.38 bits per heavy atom. The first-order valence-electron chi connectivity index (χ1n) is 9.25. The number of carbonyl (C=O) groups is 1. The monoisotopic (exact) mass is 325 g/mol. The third-order valence-corrected chi connectivity index (χ3v) is 6.18. The van der Waals surface area contributed by atoms with Crippen molar-refractivity contribution in [1.29, 1.82) is 0 Å². The molecular formula is C20H27N3O. The van der Waals surface area contributed by atoms with Gasteiger partial charge in [-0.15, -0.1) is 0 Å². The molecule has 1 amide bonds. The molecule has 3 N–H and O–H groups in total. The predicted molar refractivity (Wildman–Crippen MR) is 97.0 cm³/mol. The Kier molecular flexibility index (Phi) is 4.09. The summed E-state index contributed by atoms with van der Waals surface area (Å²) in [5.74, 6) is 0.801. The van der Waals surface area contributed by atoms with Crippen LogP contribution in [0.25, 0.3) is 10.9 Å². The third kappa shape index (κ3) is 2.53. The molecule has 0 spiro atoms. The van der Waals surface area contributed by atoms with Gasteiger partial charge in [0.1, 0.15) is 0 Å². The first-order valence-corrected chi connectivity index (χ1v) is 9.25. The van der Waals surface area contributed by atoms with E-state index in [9.17, 15) is 4.79 Å². The topological polar surface area (TPSA) is 56.9 Å². The van der Waals surface area contributed by atoms with Gasteiger partial charge >= 0.3 is 0 Å². The summed E-state index contributed by atoms with van der Waals surface area (Å²) < 4.78 is 0. The summed E-state index contributed by atoms with van der Waals surface area (Å²) >= 11 is 0. The predicted octanol–water partition coefficient (Wildman–Crippen LogP) is 2.91. The molecule has 1 aliphatic carbocycles. The maximum atomic E-state index is 12.9. The Hall–Kier alpha value is -1.81. The fraction of sp³-hybridized carbons (Fsp3) is 0.550. The minimum absolute atomic E-state index is 0.144. The van der Waals surface area contributed by atoms with E-state index >= 15 is 0 Å². The number of hydrogen-bond acceptors (Lipinski definition) is 2. The molecular weight excluding hydrogens is 298 g/mol. The van der Waals surface area contributed by atoms with Crippen LogP contribution in [-0.2, 0) is 11.2 Å². The van der Waals surface area contributed by atoms with E-state index in [1.54, 1.807) is 0 Å². The zero-order valence-electron chi connectivity index (χ0n) is 14.5. The molecule has 0 unspecified atom stereocenters. The maximum absolute atomic E-state index is 12.9. The van der Waals surface area contributed by atoms with Gasteiger partial charge in [0, 0.05) is 30.2 Å². The second-order valence-electron chi connectivity index (χ2n) is 7.55. The Morgan fingerprint density at radius 2 is 2.29 bits per heavy atom. The Bertz CT molecular complexity index is 750. The molecule has 128 valence electrons. The SMILES string of the molecule is Cc1cccc2c(CCNC(=O)[C@@]34CCCC[C@H]3CNC4)c[nH]c12. The van der Waals surface area contributed by atoms with Crippen LogP contribution in [0.4, 0.5) is 0 Å². The molecule has 24 heavy (non-hydrogen) atoms. The zero-order valence-corrected chi connectivity index (χ0v) is 14.5. The highest BCUT2D eigenvalue weighted by atomic mass is 16.2. The number of fused-ring (bicyclic) bond motifs is 2. The van der Waals surface area contributed by atoms with Crippen LogP contribution in [0.2, 0.25) is 0 Å². The van der Waals surface area contributed by atoms with Crippen molar-refractivity contribution in [3.8, 4) is 0 Å². The first-order chi connectivity index (χ1) is 11.7. The number of aryl methyl sites for hydroxylation is 1. The van der Waals surface area contributed by atoms with Crippen LogP contribution in [0.15, 0.2) is 24.4 Å². The van der Waals surface area contributed by atoms with Crippen LogP contribution in [0, 0.1) is 18.3 Å². The van der Waals surface area contributed by atoms with E-state index in [1.165, 1.54) is 41.3 Å².